The molecule has 0 atom stereocenters. The first-order valence-corrected chi connectivity index (χ1v) is 9.79. The number of furan rings is 1. The van der Waals surface area contributed by atoms with Crippen molar-refractivity contribution in [3.05, 3.63) is 53.5 Å². The van der Waals surface area contributed by atoms with E-state index in [-0.39, 0.29) is 12.1 Å². The lowest BCUT2D eigenvalue weighted by Crippen LogP contribution is -2.41. The Labute approximate surface area is 166 Å². The molecule has 1 fully saturated rings. The van der Waals surface area contributed by atoms with Crippen LogP contribution >= 0.6 is 0 Å². The summed E-state index contributed by atoms with van der Waals surface area (Å²) in [4.78, 5) is 14.8. The van der Waals surface area contributed by atoms with Crippen LogP contribution in [-0.2, 0) is 6.54 Å². The van der Waals surface area contributed by atoms with Gasteiger partial charge in [-0.2, -0.15) is 0 Å². The SMILES string of the molecule is Cc1ccc(CN(C(=O)Nc2ccc(C#CC(C)(C)O)cc2)C2CCCC2)o1. The van der Waals surface area contributed by atoms with E-state index < -0.39 is 5.60 Å². The van der Waals surface area contributed by atoms with Gasteiger partial charge in [-0.15, -0.1) is 0 Å². The molecule has 1 aliphatic rings. The lowest BCUT2D eigenvalue weighted by atomic mass is 10.1. The summed E-state index contributed by atoms with van der Waals surface area (Å²) in [5, 5.41) is 12.7. The van der Waals surface area contributed by atoms with Crippen molar-refractivity contribution in [3.63, 3.8) is 0 Å². The smallest absolute Gasteiger partial charge is 0.322 e. The molecule has 1 aromatic heterocycles. The molecule has 1 aromatic carbocycles. The molecule has 0 spiro atoms. The summed E-state index contributed by atoms with van der Waals surface area (Å²) in [7, 11) is 0. The average Bonchev–Trinajstić information content (AvgIpc) is 3.30. The zero-order chi connectivity index (χ0) is 20.1. The van der Waals surface area contributed by atoms with Crippen LogP contribution in [0.1, 0.15) is 56.6 Å². The molecule has 0 saturated heterocycles. The fourth-order valence-electron chi connectivity index (χ4n) is 3.38. The molecule has 1 heterocycles. The van der Waals surface area contributed by atoms with Gasteiger partial charge in [0.2, 0.25) is 0 Å². The van der Waals surface area contributed by atoms with Crippen LogP contribution in [0, 0.1) is 18.8 Å². The molecule has 0 radical (unpaired) electrons. The van der Waals surface area contributed by atoms with Crippen LogP contribution in [0.2, 0.25) is 0 Å². The maximum atomic E-state index is 13.0. The summed E-state index contributed by atoms with van der Waals surface area (Å²) in [6.07, 6.45) is 4.36. The molecule has 5 heteroatoms. The van der Waals surface area contributed by atoms with Crippen LogP contribution in [0.4, 0.5) is 10.5 Å². The van der Waals surface area contributed by atoms with Gasteiger partial charge >= 0.3 is 6.03 Å². The van der Waals surface area contributed by atoms with E-state index in [9.17, 15) is 9.90 Å². The van der Waals surface area contributed by atoms with Crippen LogP contribution in [0.25, 0.3) is 0 Å². The second kappa shape index (κ2) is 8.53. The Bertz CT molecular complexity index is 860. The predicted molar refractivity (Wildman–Crippen MR) is 110 cm³/mol. The Kier molecular flexibility index (Phi) is 6.11. The zero-order valence-corrected chi connectivity index (χ0v) is 16.8. The van der Waals surface area contributed by atoms with Gasteiger partial charge in [0, 0.05) is 17.3 Å². The summed E-state index contributed by atoms with van der Waals surface area (Å²) in [6, 6.07) is 11.3. The molecular weight excluding hydrogens is 352 g/mol. The van der Waals surface area contributed by atoms with E-state index >= 15 is 0 Å². The summed E-state index contributed by atoms with van der Waals surface area (Å²) in [6.45, 7) is 5.67. The summed E-state index contributed by atoms with van der Waals surface area (Å²) in [5.74, 6) is 7.37. The fraction of sp³-hybridized carbons (Fsp3) is 0.435. The van der Waals surface area contributed by atoms with Crippen molar-refractivity contribution in [3.8, 4) is 11.8 Å². The highest BCUT2D eigenvalue weighted by Crippen LogP contribution is 2.26. The Morgan fingerprint density at radius 1 is 1.21 bits per heavy atom. The molecule has 148 valence electrons. The number of anilines is 1. The van der Waals surface area contributed by atoms with Crippen LogP contribution < -0.4 is 5.32 Å². The fourth-order valence-corrected chi connectivity index (χ4v) is 3.38. The number of nitrogens with one attached hydrogen (secondary N) is 1. The van der Waals surface area contributed by atoms with Crippen molar-refractivity contribution in [2.24, 2.45) is 0 Å². The van der Waals surface area contributed by atoms with Crippen molar-refractivity contribution < 1.29 is 14.3 Å². The van der Waals surface area contributed by atoms with E-state index in [0.29, 0.717) is 6.54 Å². The summed E-state index contributed by atoms with van der Waals surface area (Å²) < 4.78 is 5.69. The Morgan fingerprint density at radius 3 is 2.46 bits per heavy atom. The van der Waals surface area contributed by atoms with Crippen molar-refractivity contribution in [2.45, 2.75) is 64.6 Å². The number of urea groups is 1. The molecule has 2 aromatic rings. The number of hydrogen-bond acceptors (Lipinski definition) is 3. The van der Waals surface area contributed by atoms with Crippen molar-refractivity contribution in [1.82, 2.24) is 4.90 Å². The first-order valence-electron chi connectivity index (χ1n) is 9.79. The Morgan fingerprint density at radius 2 is 1.89 bits per heavy atom. The Balaban J connectivity index is 1.69. The molecular formula is C23H28N2O3. The number of carbonyl (C=O) groups is 1. The van der Waals surface area contributed by atoms with Gasteiger partial charge in [-0.3, -0.25) is 0 Å². The molecule has 2 N–H and O–H groups in total. The summed E-state index contributed by atoms with van der Waals surface area (Å²) >= 11 is 0. The number of aliphatic hydroxyl groups is 1. The van der Waals surface area contributed by atoms with E-state index in [1.165, 1.54) is 0 Å². The summed E-state index contributed by atoms with van der Waals surface area (Å²) in [5.41, 5.74) is 0.482. The lowest BCUT2D eigenvalue weighted by Gasteiger charge is -2.28. The first kappa shape index (κ1) is 20.0. The first-order chi connectivity index (χ1) is 13.3. The molecule has 1 saturated carbocycles. The molecule has 0 bridgehead atoms. The third-order valence-electron chi connectivity index (χ3n) is 4.80. The van der Waals surface area contributed by atoms with Crippen LogP contribution in [-0.4, -0.2) is 27.7 Å². The number of hydrogen-bond donors (Lipinski definition) is 2. The standard InChI is InChI=1S/C23H28N2O3/c1-17-8-13-21(28-17)16-25(20-6-4-5-7-20)22(26)24-19-11-9-18(10-12-19)14-15-23(2,3)27/h8-13,20,27H,4-7,16H2,1-3H3,(H,24,26). The minimum Gasteiger partial charge on any atom is -0.464 e. The highest BCUT2D eigenvalue weighted by molar-refractivity contribution is 5.89. The largest absolute Gasteiger partial charge is 0.464 e. The van der Waals surface area contributed by atoms with Gasteiger partial charge in [0.15, 0.2) is 0 Å². The maximum absolute atomic E-state index is 13.0. The molecule has 1 aliphatic carbocycles. The minimum atomic E-state index is -1.03. The normalized spacial score (nSPS) is 14.4. The van der Waals surface area contributed by atoms with Gasteiger partial charge in [0.1, 0.15) is 17.1 Å². The molecule has 3 rings (SSSR count). The maximum Gasteiger partial charge on any atom is 0.322 e. The van der Waals surface area contributed by atoms with Gasteiger partial charge in [-0.05, 0) is 70.0 Å². The van der Waals surface area contributed by atoms with Crippen molar-refractivity contribution >= 4 is 11.7 Å². The van der Waals surface area contributed by atoms with E-state index in [4.69, 9.17) is 4.42 Å². The van der Waals surface area contributed by atoms with Gasteiger partial charge < -0.3 is 19.7 Å². The van der Waals surface area contributed by atoms with Gasteiger partial charge in [-0.25, -0.2) is 4.79 Å². The second-order valence-corrected chi connectivity index (χ2v) is 7.90. The van der Waals surface area contributed by atoms with E-state index in [2.05, 4.69) is 17.2 Å². The van der Waals surface area contributed by atoms with Crippen molar-refractivity contribution in [1.29, 1.82) is 0 Å². The van der Waals surface area contributed by atoms with Crippen LogP contribution in [0.15, 0.2) is 40.8 Å². The van der Waals surface area contributed by atoms with Gasteiger partial charge in [0.25, 0.3) is 0 Å². The number of benzene rings is 1. The molecule has 0 unspecified atom stereocenters. The lowest BCUT2D eigenvalue weighted by molar-refractivity contribution is 0.143. The minimum absolute atomic E-state index is 0.115. The number of carbonyl (C=O) groups excluding carboxylic acids is 1. The molecule has 2 amide bonds. The Hall–Kier alpha value is -2.71. The van der Waals surface area contributed by atoms with Crippen molar-refractivity contribution in [2.75, 3.05) is 5.32 Å². The molecule has 5 nitrogen and oxygen atoms in total. The molecule has 28 heavy (non-hydrogen) atoms. The zero-order valence-electron chi connectivity index (χ0n) is 16.8. The van der Waals surface area contributed by atoms with Gasteiger partial charge in [0.05, 0.1) is 6.54 Å². The highest BCUT2D eigenvalue weighted by Gasteiger charge is 2.27. The number of rotatable bonds is 4. The average molecular weight is 380 g/mol. The third-order valence-corrected chi connectivity index (χ3v) is 4.80. The van der Waals surface area contributed by atoms with Gasteiger partial charge in [-0.1, -0.05) is 24.7 Å². The quantitative estimate of drug-likeness (QED) is 0.757. The van der Waals surface area contributed by atoms with Crippen LogP contribution in [0.5, 0.6) is 0 Å². The van der Waals surface area contributed by atoms with E-state index in [0.717, 1.165) is 48.5 Å². The number of amides is 2. The monoisotopic (exact) mass is 380 g/mol. The number of nitrogens with zero attached hydrogens (tertiary/aromatic N) is 1. The molecule has 0 aliphatic heterocycles. The highest BCUT2D eigenvalue weighted by atomic mass is 16.3. The van der Waals surface area contributed by atoms with Crippen LogP contribution in [0.3, 0.4) is 0 Å². The third kappa shape index (κ3) is 5.64. The second-order valence-electron chi connectivity index (χ2n) is 7.90. The predicted octanol–water partition coefficient (Wildman–Crippen LogP) is 4.69. The van der Waals surface area contributed by atoms with E-state index in [1.807, 2.05) is 48.2 Å². The number of aryl methyl sites for hydroxylation is 1. The topological polar surface area (TPSA) is 65.7 Å². The van der Waals surface area contributed by atoms with E-state index in [1.54, 1.807) is 13.8 Å².